The minimum Gasteiger partial charge on any atom is -0.467 e. The van der Waals surface area contributed by atoms with Gasteiger partial charge in [-0.15, -0.1) is 0 Å². The number of nitrogens with one attached hydrogen (secondary N) is 2. The van der Waals surface area contributed by atoms with Crippen molar-refractivity contribution in [2.24, 2.45) is 0 Å². The number of rotatable bonds is 4. The van der Waals surface area contributed by atoms with E-state index in [1.807, 2.05) is 0 Å². The first-order chi connectivity index (χ1) is 10.4. The third kappa shape index (κ3) is 5.11. The predicted octanol–water partition coefficient (Wildman–Crippen LogP) is 1.89. The fraction of sp³-hybridized carbons (Fsp3) is 0.812. The smallest absolute Gasteiger partial charge is 0.408 e. The van der Waals surface area contributed by atoms with Crippen molar-refractivity contribution >= 4 is 18.0 Å². The zero-order valence-electron chi connectivity index (χ0n) is 14.9. The standard InChI is InChI=1S/C16H28N2O5/c1-14(2,3)23-13(21)18-15(4,5)11(19)17-16(12(20)22-6)9-7-8-10-16/h7-10H2,1-6H3,(H,17,19)(H,18,21). The minimum absolute atomic E-state index is 0.448. The lowest BCUT2D eigenvalue weighted by Crippen LogP contribution is -2.62. The van der Waals surface area contributed by atoms with E-state index >= 15 is 0 Å². The van der Waals surface area contributed by atoms with Crippen LogP contribution in [0.4, 0.5) is 4.79 Å². The molecule has 23 heavy (non-hydrogen) atoms. The van der Waals surface area contributed by atoms with Gasteiger partial charge in [-0.1, -0.05) is 12.8 Å². The van der Waals surface area contributed by atoms with E-state index in [2.05, 4.69) is 10.6 Å². The quantitative estimate of drug-likeness (QED) is 0.769. The number of alkyl carbamates (subject to hydrolysis) is 1. The maximum absolute atomic E-state index is 12.6. The van der Waals surface area contributed by atoms with Gasteiger partial charge in [0.05, 0.1) is 7.11 Å². The van der Waals surface area contributed by atoms with Crippen LogP contribution < -0.4 is 10.6 Å². The molecule has 0 bridgehead atoms. The SMILES string of the molecule is COC(=O)C1(NC(=O)C(C)(C)NC(=O)OC(C)(C)C)CCCC1. The molecule has 2 N–H and O–H groups in total. The number of hydrogen-bond donors (Lipinski definition) is 2. The van der Waals surface area contributed by atoms with Crippen LogP contribution in [0.2, 0.25) is 0 Å². The zero-order chi connectivity index (χ0) is 17.9. The molecule has 2 amide bonds. The van der Waals surface area contributed by atoms with Crippen molar-refractivity contribution in [2.75, 3.05) is 7.11 Å². The Bertz CT molecular complexity index is 473. The molecule has 0 saturated heterocycles. The van der Waals surface area contributed by atoms with Crippen molar-refractivity contribution < 1.29 is 23.9 Å². The van der Waals surface area contributed by atoms with Crippen molar-refractivity contribution in [3.05, 3.63) is 0 Å². The van der Waals surface area contributed by atoms with Gasteiger partial charge in [-0.25, -0.2) is 9.59 Å². The average molecular weight is 328 g/mol. The Morgan fingerprint density at radius 2 is 1.52 bits per heavy atom. The first kappa shape index (κ1) is 19.3. The molecule has 0 unspecified atom stereocenters. The monoisotopic (exact) mass is 328 g/mol. The largest absolute Gasteiger partial charge is 0.467 e. The molecular weight excluding hydrogens is 300 g/mol. The third-order valence-corrected chi connectivity index (χ3v) is 3.77. The highest BCUT2D eigenvalue weighted by molar-refractivity contribution is 5.94. The average Bonchev–Trinajstić information content (AvgIpc) is 2.84. The van der Waals surface area contributed by atoms with Gasteiger partial charge in [-0.05, 0) is 47.5 Å². The summed E-state index contributed by atoms with van der Waals surface area (Å²) in [5, 5.41) is 5.30. The van der Waals surface area contributed by atoms with E-state index in [9.17, 15) is 14.4 Å². The number of carbonyl (C=O) groups excluding carboxylic acids is 3. The second-order valence-electron chi connectivity index (χ2n) is 7.49. The molecule has 0 aromatic heterocycles. The van der Waals surface area contributed by atoms with Gasteiger partial charge in [0.1, 0.15) is 16.7 Å². The fourth-order valence-electron chi connectivity index (χ4n) is 2.54. The lowest BCUT2D eigenvalue weighted by atomic mass is 9.94. The summed E-state index contributed by atoms with van der Waals surface area (Å²) in [4.78, 5) is 36.5. The minimum atomic E-state index is -1.22. The van der Waals surface area contributed by atoms with Gasteiger partial charge in [-0.2, -0.15) is 0 Å². The normalized spacial score (nSPS) is 17.3. The molecule has 0 aliphatic heterocycles. The van der Waals surface area contributed by atoms with E-state index in [1.54, 1.807) is 34.6 Å². The van der Waals surface area contributed by atoms with E-state index in [0.29, 0.717) is 12.8 Å². The van der Waals surface area contributed by atoms with Crippen molar-refractivity contribution in [3.63, 3.8) is 0 Å². The lowest BCUT2D eigenvalue weighted by Gasteiger charge is -2.33. The Morgan fingerprint density at radius 1 is 1.00 bits per heavy atom. The highest BCUT2D eigenvalue weighted by atomic mass is 16.6. The first-order valence-electron chi connectivity index (χ1n) is 7.84. The topological polar surface area (TPSA) is 93.7 Å². The Hall–Kier alpha value is -1.79. The Morgan fingerprint density at radius 3 is 1.96 bits per heavy atom. The van der Waals surface area contributed by atoms with Gasteiger partial charge < -0.3 is 20.1 Å². The van der Waals surface area contributed by atoms with Crippen LogP contribution >= 0.6 is 0 Å². The van der Waals surface area contributed by atoms with Gasteiger partial charge >= 0.3 is 12.1 Å². The second kappa shape index (κ2) is 6.76. The number of esters is 1. The summed E-state index contributed by atoms with van der Waals surface area (Å²) < 4.78 is 10.00. The van der Waals surface area contributed by atoms with Crippen LogP contribution in [0, 0.1) is 0 Å². The second-order valence-corrected chi connectivity index (χ2v) is 7.49. The molecule has 0 spiro atoms. The molecule has 1 aliphatic rings. The lowest BCUT2D eigenvalue weighted by molar-refractivity contribution is -0.151. The van der Waals surface area contributed by atoms with E-state index in [-0.39, 0.29) is 0 Å². The third-order valence-electron chi connectivity index (χ3n) is 3.77. The van der Waals surface area contributed by atoms with Crippen LogP contribution in [0.1, 0.15) is 60.3 Å². The van der Waals surface area contributed by atoms with Crippen LogP contribution in [0.5, 0.6) is 0 Å². The maximum Gasteiger partial charge on any atom is 0.408 e. The molecule has 1 rings (SSSR count). The number of carbonyl (C=O) groups is 3. The Kier molecular flexibility index (Phi) is 5.66. The maximum atomic E-state index is 12.6. The summed E-state index contributed by atoms with van der Waals surface area (Å²) in [6, 6.07) is 0. The molecule has 1 saturated carbocycles. The molecule has 0 heterocycles. The van der Waals surface area contributed by atoms with Crippen LogP contribution in [-0.2, 0) is 19.1 Å². The van der Waals surface area contributed by atoms with Crippen molar-refractivity contribution in [3.8, 4) is 0 Å². The predicted molar refractivity (Wildman–Crippen MR) is 84.8 cm³/mol. The summed E-state index contributed by atoms with van der Waals surface area (Å²) in [7, 11) is 1.30. The Labute approximate surface area is 137 Å². The molecule has 7 nitrogen and oxygen atoms in total. The molecule has 1 aliphatic carbocycles. The van der Waals surface area contributed by atoms with Gasteiger partial charge in [0.2, 0.25) is 5.91 Å². The van der Waals surface area contributed by atoms with Crippen molar-refractivity contribution in [1.82, 2.24) is 10.6 Å². The van der Waals surface area contributed by atoms with E-state index in [0.717, 1.165) is 12.8 Å². The molecule has 132 valence electrons. The number of amides is 2. The molecular formula is C16H28N2O5. The summed E-state index contributed by atoms with van der Waals surface area (Å²) >= 11 is 0. The van der Waals surface area contributed by atoms with Crippen LogP contribution in [-0.4, -0.2) is 41.8 Å². The molecule has 0 aromatic rings. The van der Waals surface area contributed by atoms with E-state index in [4.69, 9.17) is 9.47 Å². The zero-order valence-corrected chi connectivity index (χ0v) is 14.9. The van der Waals surface area contributed by atoms with Crippen LogP contribution in [0.25, 0.3) is 0 Å². The number of methoxy groups -OCH3 is 1. The summed E-state index contributed by atoms with van der Waals surface area (Å²) in [5.41, 5.74) is -2.88. The van der Waals surface area contributed by atoms with Crippen LogP contribution in [0.15, 0.2) is 0 Å². The molecule has 0 radical (unpaired) electrons. The summed E-state index contributed by atoms with van der Waals surface area (Å²) in [6.07, 6.45) is 2.07. The molecule has 0 atom stereocenters. The van der Waals surface area contributed by atoms with Crippen LogP contribution in [0.3, 0.4) is 0 Å². The number of ether oxygens (including phenoxy) is 2. The molecule has 7 heteroatoms. The van der Waals surface area contributed by atoms with Gasteiger partial charge in [0.25, 0.3) is 0 Å². The first-order valence-corrected chi connectivity index (χ1v) is 7.84. The highest BCUT2D eigenvalue weighted by Crippen LogP contribution is 2.31. The molecule has 0 aromatic carbocycles. The summed E-state index contributed by atoms with van der Waals surface area (Å²) in [6.45, 7) is 8.34. The highest BCUT2D eigenvalue weighted by Gasteiger charge is 2.46. The van der Waals surface area contributed by atoms with Gasteiger partial charge in [0, 0.05) is 0 Å². The van der Waals surface area contributed by atoms with Crippen molar-refractivity contribution in [2.45, 2.75) is 77.0 Å². The fourth-order valence-corrected chi connectivity index (χ4v) is 2.54. The number of hydrogen-bond acceptors (Lipinski definition) is 5. The van der Waals surface area contributed by atoms with Gasteiger partial charge in [-0.3, -0.25) is 4.79 Å². The van der Waals surface area contributed by atoms with Gasteiger partial charge in [0.15, 0.2) is 0 Å². The van der Waals surface area contributed by atoms with E-state index < -0.39 is 34.6 Å². The van der Waals surface area contributed by atoms with E-state index in [1.165, 1.54) is 7.11 Å². The summed E-state index contributed by atoms with van der Waals surface area (Å²) in [5.74, 6) is -0.896. The molecule has 1 fully saturated rings. The Balaban J connectivity index is 2.78. The van der Waals surface area contributed by atoms with Crippen molar-refractivity contribution in [1.29, 1.82) is 0 Å².